The average Bonchev–Trinajstić information content (AvgIpc) is 2.83. The predicted molar refractivity (Wildman–Crippen MR) is 76.7 cm³/mol. The molecule has 0 saturated carbocycles. The molecule has 0 aliphatic carbocycles. The second-order valence-corrected chi connectivity index (χ2v) is 4.95. The first-order chi connectivity index (χ1) is 8.78. The van der Waals surface area contributed by atoms with E-state index in [4.69, 9.17) is 4.74 Å². The molecular formula is C14H18N2OS. The summed E-state index contributed by atoms with van der Waals surface area (Å²) in [6.07, 6.45) is 0.984. The highest BCUT2D eigenvalue weighted by atomic mass is 32.1. The van der Waals surface area contributed by atoms with Gasteiger partial charge in [0.2, 0.25) is 0 Å². The van der Waals surface area contributed by atoms with Gasteiger partial charge in [0, 0.05) is 5.38 Å². The van der Waals surface area contributed by atoms with E-state index in [1.165, 1.54) is 5.56 Å². The van der Waals surface area contributed by atoms with Crippen LogP contribution in [-0.4, -0.2) is 18.1 Å². The van der Waals surface area contributed by atoms with Gasteiger partial charge in [-0.1, -0.05) is 19.1 Å². The van der Waals surface area contributed by atoms with Gasteiger partial charge in [-0.2, -0.15) is 0 Å². The second-order valence-electron chi connectivity index (χ2n) is 4.09. The standard InChI is InChI=1S/C14H18N2OS/c1-3-12-10-18-14(16-12)15-7-8-17-13-6-4-5-11(2)9-13/h4-6,9-10H,3,7-8H2,1-2H3,(H,15,16). The zero-order chi connectivity index (χ0) is 12.8. The largest absolute Gasteiger partial charge is 0.492 e. The van der Waals surface area contributed by atoms with Crippen molar-refractivity contribution in [3.63, 3.8) is 0 Å². The second kappa shape index (κ2) is 6.40. The van der Waals surface area contributed by atoms with Crippen molar-refractivity contribution >= 4 is 16.5 Å². The number of aryl methyl sites for hydroxylation is 2. The van der Waals surface area contributed by atoms with Crippen LogP contribution >= 0.6 is 11.3 Å². The van der Waals surface area contributed by atoms with E-state index in [1.807, 2.05) is 18.2 Å². The number of ether oxygens (including phenoxy) is 1. The van der Waals surface area contributed by atoms with Crippen LogP contribution in [0.5, 0.6) is 5.75 Å². The maximum absolute atomic E-state index is 5.66. The number of benzene rings is 1. The van der Waals surface area contributed by atoms with Gasteiger partial charge in [-0.05, 0) is 31.0 Å². The van der Waals surface area contributed by atoms with Crippen LogP contribution in [-0.2, 0) is 6.42 Å². The number of hydrogen-bond donors (Lipinski definition) is 1. The van der Waals surface area contributed by atoms with Crippen molar-refractivity contribution < 1.29 is 4.74 Å². The average molecular weight is 262 g/mol. The zero-order valence-corrected chi connectivity index (χ0v) is 11.6. The summed E-state index contributed by atoms with van der Waals surface area (Å²) >= 11 is 1.65. The Morgan fingerprint density at radius 1 is 1.39 bits per heavy atom. The number of thiazole rings is 1. The molecule has 0 saturated heterocycles. The van der Waals surface area contributed by atoms with Gasteiger partial charge in [-0.15, -0.1) is 11.3 Å². The van der Waals surface area contributed by atoms with Crippen LogP contribution in [0.1, 0.15) is 18.2 Å². The Bertz CT molecular complexity index is 496. The van der Waals surface area contributed by atoms with Crippen molar-refractivity contribution in [1.29, 1.82) is 0 Å². The summed E-state index contributed by atoms with van der Waals surface area (Å²) in [5.41, 5.74) is 2.36. The summed E-state index contributed by atoms with van der Waals surface area (Å²) in [6, 6.07) is 8.09. The number of aromatic nitrogens is 1. The van der Waals surface area contributed by atoms with E-state index in [1.54, 1.807) is 11.3 Å². The molecule has 1 N–H and O–H groups in total. The smallest absolute Gasteiger partial charge is 0.182 e. The minimum Gasteiger partial charge on any atom is -0.492 e. The van der Waals surface area contributed by atoms with Gasteiger partial charge in [0.15, 0.2) is 5.13 Å². The summed E-state index contributed by atoms with van der Waals surface area (Å²) in [5.74, 6) is 0.921. The molecule has 0 fully saturated rings. The zero-order valence-electron chi connectivity index (χ0n) is 10.8. The number of hydrogen-bond acceptors (Lipinski definition) is 4. The van der Waals surface area contributed by atoms with E-state index in [0.29, 0.717) is 6.61 Å². The van der Waals surface area contributed by atoms with Gasteiger partial charge >= 0.3 is 0 Å². The lowest BCUT2D eigenvalue weighted by Crippen LogP contribution is -2.11. The number of rotatable bonds is 6. The summed E-state index contributed by atoms with van der Waals surface area (Å²) in [7, 11) is 0. The van der Waals surface area contributed by atoms with E-state index in [-0.39, 0.29) is 0 Å². The summed E-state index contributed by atoms with van der Waals surface area (Å²) in [4.78, 5) is 4.44. The number of nitrogens with one attached hydrogen (secondary N) is 1. The van der Waals surface area contributed by atoms with E-state index in [9.17, 15) is 0 Å². The molecule has 0 bridgehead atoms. The third-order valence-corrected chi connectivity index (χ3v) is 3.40. The molecular weight excluding hydrogens is 244 g/mol. The van der Waals surface area contributed by atoms with E-state index in [0.717, 1.165) is 29.5 Å². The first-order valence-electron chi connectivity index (χ1n) is 6.15. The first kappa shape index (κ1) is 12.9. The van der Waals surface area contributed by atoms with Crippen molar-refractivity contribution in [3.8, 4) is 5.75 Å². The van der Waals surface area contributed by atoms with Gasteiger partial charge in [-0.3, -0.25) is 0 Å². The molecule has 0 radical (unpaired) electrons. The fourth-order valence-corrected chi connectivity index (χ4v) is 2.40. The quantitative estimate of drug-likeness (QED) is 0.809. The van der Waals surface area contributed by atoms with Crippen LogP contribution in [0, 0.1) is 6.92 Å². The SMILES string of the molecule is CCc1csc(NCCOc2cccc(C)c2)n1. The van der Waals surface area contributed by atoms with Gasteiger partial charge in [0.25, 0.3) is 0 Å². The first-order valence-corrected chi connectivity index (χ1v) is 7.03. The van der Waals surface area contributed by atoms with Crippen molar-refractivity contribution in [2.45, 2.75) is 20.3 Å². The van der Waals surface area contributed by atoms with Crippen molar-refractivity contribution in [1.82, 2.24) is 4.98 Å². The van der Waals surface area contributed by atoms with Gasteiger partial charge in [-0.25, -0.2) is 4.98 Å². The minimum atomic E-state index is 0.643. The lowest BCUT2D eigenvalue weighted by molar-refractivity contribution is 0.332. The third kappa shape index (κ3) is 3.74. The van der Waals surface area contributed by atoms with Crippen LogP contribution in [0.25, 0.3) is 0 Å². The summed E-state index contributed by atoms with van der Waals surface area (Å²) in [5, 5.41) is 6.33. The normalized spacial score (nSPS) is 10.3. The third-order valence-electron chi connectivity index (χ3n) is 2.55. The molecule has 2 rings (SSSR count). The molecule has 0 amide bonds. The maximum atomic E-state index is 5.66. The van der Waals surface area contributed by atoms with Gasteiger partial charge in [0.05, 0.1) is 12.2 Å². The Kier molecular flexibility index (Phi) is 4.59. The molecule has 3 nitrogen and oxygen atoms in total. The molecule has 0 unspecified atom stereocenters. The molecule has 18 heavy (non-hydrogen) atoms. The Labute approximate surface area is 112 Å². The lowest BCUT2D eigenvalue weighted by atomic mass is 10.2. The van der Waals surface area contributed by atoms with E-state index < -0.39 is 0 Å². The Hall–Kier alpha value is -1.55. The highest BCUT2D eigenvalue weighted by Gasteiger charge is 1.99. The molecule has 4 heteroatoms. The summed E-state index contributed by atoms with van der Waals surface area (Å²) < 4.78 is 5.66. The molecule has 0 atom stereocenters. The lowest BCUT2D eigenvalue weighted by Gasteiger charge is -2.07. The van der Waals surface area contributed by atoms with E-state index in [2.05, 4.69) is 35.6 Å². The van der Waals surface area contributed by atoms with Crippen LogP contribution in [0.2, 0.25) is 0 Å². The van der Waals surface area contributed by atoms with Crippen LogP contribution in [0.15, 0.2) is 29.6 Å². The molecule has 0 spiro atoms. The molecule has 1 aromatic heterocycles. The molecule has 0 aliphatic heterocycles. The predicted octanol–water partition coefficient (Wildman–Crippen LogP) is 3.50. The van der Waals surface area contributed by atoms with Crippen molar-refractivity contribution in [3.05, 3.63) is 40.9 Å². The minimum absolute atomic E-state index is 0.643. The molecule has 2 aromatic rings. The van der Waals surface area contributed by atoms with Crippen LogP contribution in [0.4, 0.5) is 5.13 Å². The highest BCUT2D eigenvalue weighted by molar-refractivity contribution is 7.13. The summed E-state index contributed by atoms with van der Waals surface area (Å²) in [6.45, 7) is 5.59. The topological polar surface area (TPSA) is 34.1 Å². The molecule has 1 heterocycles. The molecule has 96 valence electrons. The van der Waals surface area contributed by atoms with Gasteiger partial charge in [0.1, 0.15) is 12.4 Å². The fraction of sp³-hybridized carbons (Fsp3) is 0.357. The van der Waals surface area contributed by atoms with Crippen molar-refractivity contribution in [2.75, 3.05) is 18.5 Å². The Morgan fingerprint density at radius 3 is 3.00 bits per heavy atom. The fourth-order valence-electron chi connectivity index (χ4n) is 1.58. The number of nitrogens with zero attached hydrogens (tertiary/aromatic N) is 1. The maximum Gasteiger partial charge on any atom is 0.182 e. The molecule has 0 aliphatic rings. The van der Waals surface area contributed by atoms with Crippen molar-refractivity contribution in [2.24, 2.45) is 0 Å². The highest BCUT2D eigenvalue weighted by Crippen LogP contribution is 2.15. The Balaban J connectivity index is 1.72. The van der Waals surface area contributed by atoms with Gasteiger partial charge < -0.3 is 10.1 Å². The van der Waals surface area contributed by atoms with E-state index >= 15 is 0 Å². The Morgan fingerprint density at radius 2 is 2.28 bits per heavy atom. The van der Waals surface area contributed by atoms with Crippen LogP contribution < -0.4 is 10.1 Å². The molecule has 1 aromatic carbocycles. The number of anilines is 1. The monoisotopic (exact) mass is 262 g/mol. The van der Waals surface area contributed by atoms with Crippen LogP contribution in [0.3, 0.4) is 0 Å².